The average Bonchev–Trinajstić information content (AvgIpc) is 2.85. The second-order valence-electron chi connectivity index (χ2n) is 9.56. The fourth-order valence-corrected chi connectivity index (χ4v) is 7.88. The van der Waals surface area contributed by atoms with E-state index in [2.05, 4.69) is 5.32 Å². The molecule has 1 amide bonds. The Balaban J connectivity index is 1.62. The van der Waals surface area contributed by atoms with Crippen LogP contribution in [-0.2, 0) is 9.84 Å². The number of amides is 1. The number of carbonyl (C=O) groups is 1. The lowest BCUT2D eigenvalue weighted by molar-refractivity contribution is -0.0466. The molecule has 2 N–H and O–H groups in total. The summed E-state index contributed by atoms with van der Waals surface area (Å²) in [6.45, 7) is 5.34. The van der Waals surface area contributed by atoms with Crippen LogP contribution in [-0.4, -0.2) is 30.3 Å². The molecule has 4 rings (SSSR count). The van der Waals surface area contributed by atoms with Gasteiger partial charge in [0.2, 0.25) is 0 Å². The number of benzene rings is 2. The summed E-state index contributed by atoms with van der Waals surface area (Å²) < 4.78 is 54.0. The molecule has 2 bridgehead atoms. The summed E-state index contributed by atoms with van der Waals surface area (Å²) in [6, 6.07) is 5.79. The third kappa shape index (κ3) is 4.17. The van der Waals surface area contributed by atoms with E-state index in [0.29, 0.717) is 18.4 Å². The Morgan fingerprint density at radius 2 is 1.82 bits per heavy atom. The zero-order chi connectivity index (χ0) is 24.3. The second-order valence-corrected chi connectivity index (χ2v) is 12.2. The smallest absolute Gasteiger partial charge is 0.255 e. The Labute approximate surface area is 197 Å². The highest BCUT2D eigenvalue weighted by Crippen LogP contribution is 2.54. The molecule has 3 unspecified atom stereocenters. The van der Waals surface area contributed by atoms with Gasteiger partial charge in [0.15, 0.2) is 21.5 Å². The van der Waals surface area contributed by atoms with Gasteiger partial charge in [0.1, 0.15) is 0 Å². The summed E-state index contributed by atoms with van der Waals surface area (Å²) in [5.74, 6) is -2.83. The van der Waals surface area contributed by atoms with E-state index in [0.717, 1.165) is 18.6 Å². The molecule has 2 aliphatic rings. The predicted molar refractivity (Wildman–Crippen MR) is 122 cm³/mol. The molecule has 5 atom stereocenters. The van der Waals surface area contributed by atoms with Crippen LogP contribution in [0.5, 0.6) is 0 Å². The van der Waals surface area contributed by atoms with Gasteiger partial charge in [0.05, 0.1) is 20.8 Å². The third-order valence-electron chi connectivity index (χ3n) is 7.44. The van der Waals surface area contributed by atoms with Gasteiger partial charge in [-0.2, -0.15) is 0 Å². The van der Waals surface area contributed by atoms with Crippen LogP contribution >= 0.6 is 11.6 Å². The van der Waals surface area contributed by atoms with Crippen molar-refractivity contribution < 1.29 is 27.1 Å². The van der Waals surface area contributed by atoms with E-state index < -0.39 is 38.2 Å². The number of anilines is 1. The van der Waals surface area contributed by atoms with E-state index in [-0.39, 0.29) is 38.9 Å². The van der Waals surface area contributed by atoms with Crippen LogP contribution in [0.2, 0.25) is 5.02 Å². The number of halogens is 3. The Hall–Kier alpha value is -2.03. The quantitative estimate of drug-likeness (QED) is 0.612. The molecule has 0 aromatic heterocycles. The van der Waals surface area contributed by atoms with Crippen molar-refractivity contribution in [1.82, 2.24) is 0 Å². The zero-order valence-electron chi connectivity index (χ0n) is 18.5. The number of carbonyl (C=O) groups excluding carboxylic acids is 1. The molecule has 0 spiro atoms. The van der Waals surface area contributed by atoms with Gasteiger partial charge < -0.3 is 10.4 Å². The lowest BCUT2D eigenvalue weighted by Gasteiger charge is -2.40. The van der Waals surface area contributed by atoms with Gasteiger partial charge in [-0.3, -0.25) is 4.79 Å². The Morgan fingerprint density at radius 1 is 1.15 bits per heavy atom. The first-order valence-electron chi connectivity index (χ1n) is 10.8. The van der Waals surface area contributed by atoms with E-state index in [9.17, 15) is 27.1 Å². The number of hydrogen-bond donors (Lipinski definition) is 2. The Morgan fingerprint density at radius 3 is 2.48 bits per heavy atom. The number of nitrogens with one attached hydrogen (secondary N) is 1. The SMILES string of the molecule is Cc1cc(F)c(F)cc1NC(=O)c1ccc(Cl)c(S(=O)(=O)C2CC3C[C@H](C)C(C2)[C@]3(C)O)c1. The number of rotatable bonds is 4. The maximum Gasteiger partial charge on any atom is 0.255 e. The molecular weight excluding hydrogens is 472 g/mol. The standard InChI is InChI=1S/C24H26ClF2NO4S/c1-12-6-15-9-16(10-17(12)24(15,3)30)33(31,32)22-8-14(4-5-18(22)25)23(29)28-21-11-20(27)19(26)7-13(21)2/h4-5,7-8,11-12,15-17,30H,6,9-10H2,1-3H3,(H,28,29)/t12-,15?,16?,17?,24+/m0/s1. The molecule has 2 fully saturated rings. The van der Waals surface area contributed by atoms with E-state index in [1.807, 2.05) is 6.92 Å². The molecule has 0 saturated heterocycles. The van der Waals surface area contributed by atoms with Gasteiger partial charge >= 0.3 is 0 Å². The van der Waals surface area contributed by atoms with Gasteiger partial charge in [-0.25, -0.2) is 17.2 Å². The molecule has 2 saturated carbocycles. The van der Waals surface area contributed by atoms with Crippen molar-refractivity contribution >= 4 is 33.0 Å². The second kappa shape index (κ2) is 8.32. The minimum Gasteiger partial charge on any atom is -0.390 e. The van der Waals surface area contributed by atoms with Crippen molar-refractivity contribution in [3.63, 3.8) is 0 Å². The summed E-state index contributed by atoms with van der Waals surface area (Å²) in [4.78, 5) is 12.6. The zero-order valence-corrected chi connectivity index (χ0v) is 20.1. The Bertz CT molecular complexity index is 1230. The van der Waals surface area contributed by atoms with Gasteiger partial charge in [0, 0.05) is 17.3 Å². The van der Waals surface area contributed by atoms with Crippen LogP contribution in [0.15, 0.2) is 35.2 Å². The topological polar surface area (TPSA) is 83.5 Å². The first-order chi connectivity index (χ1) is 15.3. The van der Waals surface area contributed by atoms with Crippen LogP contribution in [0.3, 0.4) is 0 Å². The molecule has 0 aliphatic heterocycles. The monoisotopic (exact) mass is 497 g/mol. The summed E-state index contributed by atoms with van der Waals surface area (Å²) in [5, 5.41) is 12.6. The number of fused-ring (bicyclic) bond motifs is 2. The van der Waals surface area contributed by atoms with Crippen LogP contribution < -0.4 is 5.32 Å². The van der Waals surface area contributed by atoms with E-state index >= 15 is 0 Å². The number of hydrogen-bond acceptors (Lipinski definition) is 4. The predicted octanol–water partition coefficient (Wildman–Crippen LogP) is 5.14. The van der Waals surface area contributed by atoms with E-state index in [1.54, 1.807) is 6.92 Å². The van der Waals surface area contributed by atoms with Crippen LogP contribution in [0, 0.1) is 36.3 Å². The largest absolute Gasteiger partial charge is 0.390 e. The molecule has 178 valence electrons. The fourth-order valence-electron chi connectivity index (χ4n) is 5.50. The number of aryl methyl sites for hydroxylation is 1. The third-order valence-corrected chi connectivity index (χ3v) is 10.1. The van der Waals surface area contributed by atoms with Crippen molar-refractivity contribution in [2.24, 2.45) is 17.8 Å². The van der Waals surface area contributed by atoms with Crippen molar-refractivity contribution in [1.29, 1.82) is 0 Å². The Kier molecular flexibility index (Phi) is 6.08. The minimum absolute atomic E-state index is 0.00767. The summed E-state index contributed by atoms with van der Waals surface area (Å²) in [7, 11) is -3.87. The summed E-state index contributed by atoms with van der Waals surface area (Å²) in [5.41, 5.74) is -0.457. The lowest BCUT2D eigenvalue weighted by Crippen LogP contribution is -2.46. The summed E-state index contributed by atoms with van der Waals surface area (Å²) >= 11 is 6.25. The van der Waals surface area contributed by atoms with E-state index in [1.165, 1.54) is 25.1 Å². The normalized spacial score (nSPS) is 29.2. The van der Waals surface area contributed by atoms with E-state index in [4.69, 9.17) is 11.6 Å². The van der Waals surface area contributed by atoms with Gasteiger partial charge in [0.25, 0.3) is 5.91 Å². The van der Waals surface area contributed by atoms with Crippen LogP contribution in [0.25, 0.3) is 0 Å². The summed E-state index contributed by atoms with van der Waals surface area (Å²) in [6.07, 6.45) is 1.43. The molecular formula is C24H26ClF2NO4S. The first kappa shape index (κ1) is 24.1. The molecule has 5 nitrogen and oxygen atoms in total. The first-order valence-corrected chi connectivity index (χ1v) is 12.8. The molecule has 9 heteroatoms. The number of sulfone groups is 1. The molecule has 2 aliphatic carbocycles. The highest BCUT2D eigenvalue weighted by Gasteiger charge is 2.56. The maximum absolute atomic E-state index is 13.6. The molecule has 2 aromatic carbocycles. The van der Waals surface area contributed by atoms with Crippen LogP contribution in [0.4, 0.5) is 14.5 Å². The maximum atomic E-state index is 13.6. The fraction of sp³-hybridized carbons (Fsp3) is 0.458. The van der Waals surface area contributed by atoms with Gasteiger partial charge in [-0.05, 0) is 80.7 Å². The highest BCUT2D eigenvalue weighted by atomic mass is 35.5. The van der Waals surface area contributed by atoms with Gasteiger partial charge in [-0.1, -0.05) is 18.5 Å². The minimum atomic E-state index is -3.87. The number of aliphatic hydroxyl groups is 1. The van der Waals surface area contributed by atoms with Crippen molar-refractivity contribution in [2.75, 3.05) is 5.32 Å². The van der Waals surface area contributed by atoms with Crippen molar-refractivity contribution in [3.05, 3.63) is 58.1 Å². The molecule has 0 heterocycles. The molecule has 33 heavy (non-hydrogen) atoms. The van der Waals surface area contributed by atoms with Crippen molar-refractivity contribution in [3.8, 4) is 0 Å². The highest BCUT2D eigenvalue weighted by molar-refractivity contribution is 7.92. The van der Waals surface area contributed by atoms with Crippen molar-refractivity contribution in [2.45, 2.75) is 55.8 Å². The average molecular weight is 498 g/mol. The molecule has 0 radical (unpaired) electrons. The van der Waals surface area contributed by atoms with Crippen LogP contribution in [0.1, 0.15) is 49.0 Å². The van der Waals surface area contributed by atoms with Gasteiger partial charge in [-0.15, -0.1) is 0 Å². The molecule has 2 aromatic rings. The lowest BCUT2D eigenvalue weighted by atomic mass is 9.74.